The van der Waals surface area contributed by atoms with Crippen molar-refractivity contribution in [3.8, 4) is 0 Å². The minimum Gasteiger partial charge on any atom is -0.308 e. The third-order valence-electron chi connectivity index (χ3n) is 5.18. The third-order valence-corrected chi connectivity index (χ3v) is 5.78. The van der Waals surface area contributed by atoms with Gasteiger partial charge >= 0.3 is 0 Å². The Labute approximate surface area is 117 Å². The lowest BCUT2D eigenvalue weighted by molar-refractivity contribution is -0.0109. The van der Waals surface area contributed by atoms with Gasteiger partial charge in [0.1, 0.15) is 0 Å². The van der Waals surface area contributed by atoms with Gasteiger partial charge in [-0.05, 0) is 32.4 Å². The van der Waals surface area contributed by atoms with Gasteiger partial charge in [-0.2, -0.15) is 11.8 Å². The van der Waals surface area contributed by atoms with E-state index >= 15 is 0 Å². The lowest BCUT2D eigenvalue weighted by atomic mass is 9.76. The molecule has 1 spiro atoms. The van der Waals surface area contributed by atoms with E-state index in [0.29, 0.717) is 11.1 Å². The van der Waals surface area contributed by atoms with Crippen LogP contribution in [0, 0.1) is 0 Å². The molecule has 0 aromatic rings. The van der Waals surface area contributed by atoms with Crippen LogP contribution in [-0.4, -0.2) is 47.6 Å². The zero-order valence-electron chi connectivity index (χ0n) is 12.4. The largest absolute Gasteiger partial charge is 0.308 e. The van der Waals surface area contributed by atoms with E-state index in [4.69, 9.17) is 0 Å². The highest BCUT2D eigenvalue weighted by Gasteiger charge is 2.44. The summed E-state index contributed by atoms with van der Waals surface area (Å²) in [6, 6.07) is 0. The second-order valence-electron chi connectivity index (χ2n) is 6.47. The Kier molecular flexibility index (Phi) is 5.01. The van der Waals surface area contributed by atoms with Crippen molar-refractivity contribution in [3.05, 3.63) is 0 Å². The molecule has 2 rings (SSSR count). The molecule has 3 heteroatoms. The maximum absolute atomic E-state index is 3.86. The van der Waals surface area contributed by atoms with Gasteiger partial charge < -0.3 is 5.32 Å². The molecule has 1 saturated carbocycles. The molecule has 0 bridgehead atoms. The zero-order valence-corrected chi connectivity index (χ0v) is 13.2. The number of nitrogens with one attached hydrogen (secondary N) is 1. The lowest BCUT2D eigenvalue weighted by Crippen LogP contribution is -2.69. The monoisotopic (exact) mass is 270 g/mol. The van der Waals surface area contributed by atoms with Crippen molar-refractivity contribution in [2.75, 3.05) is 31.6 Å². The molecule has 2 nitrogen and oxygen atoms in total. The first kappa shape index (κ1) is 14.7. The Morgan fingerprint density at radius 2 is 1.94 bits per heavy atom. The highest BCUT2D eigenvalue weighted by Crippen LogP contribution is 2.37. The Morgan fingerprint density at radius 3 is 2.56 bits per heavy atom. The second-order valence-corrected chi connectivity index (χ2v) is 7.45. The molecule has 1 unspecified atom stereocenters. The van der Waals surface area contributed by atoms with E-state index in [9.17, 15) is 0 Å². The van der Waals surface area contributed by atoms with Gasteiger partial charge in [-0.3, -0.25) is 4.90 Å². The summed E-state index contributed by atoms with van der Waals surface area (Å²) < 4.78 is 0. The molecule has 0 aromatic carbocycles. The SMILES string of the molecule is CCC1(C)CN(CCSC)C2(CCCCC2)CN1. The number of nitrogens with zero attached hydrogens (tertiary/aromatic N) is 1. The predicted octanol–water partition coefficient (Wildman–Crippen LogP) is 3.13. The Balaban J connectivity index is 2.08. The number of rotatable bonds is 4. The molecule has 1 saturated heterocycles. The Morgan fingerprint density at radius 1 is 1.22 bits per heavy atom. The van der Waals surface area contributed by atoms with Crippen LogP contribution in [0.3, 0.4) is 0 Å². The molecule has 1 N–H and O–H groups in total. The van der Waals surface area contributed by atoms with E-state index in [1.165, 1.54) is 63.9 Å². The van der Waals surface area contributed by atoms with Gasteiger partial charge in [0.15, 0.2) is 0 Å². The van der Waals surface area contributed by atoms with Crippen LogP contribution < -0.4 is 5.32 Å². The van der Waals surface area contributed by atoms with Crippen LogP contribution in [0.2, 0.25) is 0 Å². The molecule has 1 heterocycles. The zero-order chi connectivity index (χ0) is 13.1. The van der Waals surface area contributed by atoms with Crippen LogP contribution >= 0.6 is 11.8 Å². The first-order valence-electron chi connectivity index (χ1n) is 7.63. The van der Waals surface area contributed by atoms with Gasteiger partial charge in [-0.15, -0.1) is 0 Å². The maximum atomic E-state index is 3.86. The summed E-state index contributed by atoms with van der Waals surface area (Å²) in [4.78, 5) is 2.84. The van der Waals surface area contributed by atoms with Crippen LogP contribution in [0.4, 0.5) is 0 Å². The summed E-state index contributed by atoms with van der Waals surface area (Å²) >= 11 is 1.99. The van der Waals surface area contributed by atoms with E-state index in [1.807, 2.05) is 11.8 Å². The van der Waals surface area contributed by atoms with Crippen LogP contribution in [0.25, 0.3) is 0 Å². The first-order valence-corrected chi connectivity index (χ1v) is 9.03. The summed E-state index contributed by atoms with van der Waals surface area (Å²) in [7, 11) is 0. The first-order chi connectivity index (χ1) is 8.64. The summed E-state index contributed by atoms with van der Waals surface area (Å²) in [5.41, 5.74) is 0.823. The fraction of sp³-hybridized carbons (Fsp3) is 1.00. The van der Waals surface area contributed by atoms with Crippen molar-refractivity contribution in [3.63, 3.8) is 0 Å². The summed E-state index contributed by atoms with van der Waals surface area (Å²) in [6.45, 7) is 8.45. The number of piperazine rings is 1. The van der Waals surface area contributed by atoms with Crippen LogP contribution in [0.5, 0.6) is 0 Å². The highest BCUT2D eigenvalue weighted by atomic mass is 32.2. The molecule has 106 valence electrons. The van der Waals surface area contributed by atoms with Crippen LogP contribution in [-0.2, 0) is 0 Å². The third kappa shape index (κ3) is 3.05. The Bertz CT molecular complexity index is 263. The van der Waals surface area contributed by atoms with Crippen molar-refractivity contribution in [1.29, 1.82) is 0 Å². The van der Waals surface area contributed by atoms with E-state index < -0.39 is 0 Å². The van der Waals surface area contributed by atoms with Crippen molar-refractivity contribution in [2.24, 2.45) is 0 Å². The van der Waals surface area contributed by atoms with E-state index in [1.54, 1.807) is 0 Å². The minimum atomic E-state index is 0.334. The quantitative estimate of drug-likeness (QED) is 0.845. The van der Waals surface area contributed by atoms with Gasteiger partial charge in [0.25, 0.3) is 0 Å². The summed E-state index contributed by atoms with van der Waals surface area (Å²) in [5, 5.41) is 3.86. The smallest absolute Gasteiger partial charge is 0.0335 e. The predicted molar refractivity (Wildman–Crippen MR) is 82.5 cm³/mol. The van der Waals surface area contributed by atoms with Gasteiger partial charge in [-0.1, -0.05) is 26.2 Å². The summed E-state index contributed by atoms with van der Waals surface area (Å²) in [6.07, 6.45) is 10.6. The normalized spacial score (nSPS) is 32.8. The van der Waals surface area contributed by atoms with E-state index in [-0.39, 0.29) is 0 Å². The lowest BCUT2D eigenvalue weighted by Gasteiger charge is -2.55. The maximum Gasteiger partial charge on any atom is 0.0335 e. The molecule has 18 heavy (non-hydrogen) atoms. The minimum absolute atomic E-state index is 0.334. The molecular formula is C15H30N2S. The Hall–Kier alpha value is 0.270. The second kappa shape index (κ2) is 6.15. The van der Waals surface area contributed by atoms with Crippen LogP contribution in [0.15, 0.2) is 0 Å². The van der Waals surface area contributed by atoms with Gasteiger partial charge in [0.05, 0.1) is 0 Å². The van der Waals surface area contributed by atoms with Gasteiger partial charge in [0.2, 0.25) is 0 Å². The number of hydrogen-bond donors (Lipinski definition) is 1. The molecule has 2 fully saturated rings. The van der Waals surface area contributed by atoms with Gasteiger partial charge in [0, 0.05) is 36.5 Å². The van der Waals surface area contributed by atoms with Crippen molar-refractivity contribution >= 4 is 11.8 Å². The standard InChI is InChI=1S/C15H30N2S/c1-4-14(2)13-17(10-11-18-3)15(12-16-14)8-6-5-7-9-15/h16H,4-13H2,1-3H3. The number of hydrogen-bond acceptors (Lipinski definition) is 3. The summed E-state index contributed by atoms with van der Waals surface area (Å²) in [5.74, 6) is 1.28. The van der Waals surface area contributed by atoms with Crippen molar-refractivity contribution in [2.45, 2.75) is 63.5 Å². The fourth-order valence-corrected chi connectivity index (χ4v) is 3.99. The average Bonchev–Trinajstić information content (AvgIpc) is 2.42. The van der Waals surface area contributed by atoms with Crippen molar-refractivity contribution in [1.82, 2.24) is 10.2 Å². The molecule has 0 radical (unpaired) electrons. The molecule has 1 atom stereocenters. The number of thioether (sulfide) groups is 1. The van der Waals surface area contributed by atoms with E-state index in [0.717, 1.165) is 0 Å². The fourth-order valence-electron chi connectivity index (χ4n) is 3.59. The average molecular weight is 270 g/mol. The highest BCUT2D eigenvalue weighted by molar-refractivity contribution is 7.98. The molecule has 0 amide bonds. The van der Waals surface area contributed by atoms with Gasteiger partial charge in [-0.25, -0.2) is 0 Å². The molecule has 0 aromatic heterocycles. The van der Waals surface area contributed by atoms with E-state index in [2.05, 4.69) is 30.3 Å². The van der Waals surface area contributed by atoms with Crippen LogP contribution in [0.1, 0.15) is 52.4 Å². The molecular weight excluding hydrogens is 240 g/mol. The molecule has 1 aliphatic carbocycles. The van der Waals surface area contributed by atoms with Crippen molar-refractivity contribution < 1.29 is 0 Å². The topological polar surface area (TPSA) is 15.3 Å². The molecule has 2 aliphatic rings. The molecule has 1 aliphatic heterocycles.